The fraction of sp³-hybridized carbons (Fsp3) is 0.588. The Morgan fingerprint density at radius 3 is 2.60 bits per heavy atom. The fourth-order valence-electron chi connectivity index (χ4n) is 2.06. The summed E-state index contributed by atoms with van der Waals surface area (Å²) in [6, 6.07) is 8.31. The molecule has 0 spiro atoms. The highest BCUT2D eigenvalue weighted by molar-refractivity contribution is 7.80. The third-order valence-electron chi connectivity index (χ3n) is 3.93. The van der Waals surface area contributed by atoms with Gasteiger partial charge in [-0.15, -0.1) is 0 Å². The van der Waals surface area contributed by atoms with Crippen LogP contribution in [0.3, 0.4) is 0 Å². The Morgan fingerprint density at radius 2 is 2.00 bits per heavy atom. The van der Waals surface area contributed by atoms with Gasteiger partial charge in [-0.3, -0.25) is 0 Å². The van der Waals surface area contributed by atoms with Gasteiger partial charge in [0.05, 0.1) is 11.6 Å². The summed E-state index contributed by atoms with van der Waals surface area (Å²) < 4.78 is 5.95. The largest absolute Gasteiger partial charge is 0.493 e. The summed E-state index contributed by atoms with van der Waals surface area (Å²) >= 11 is 5.08. The van der Waals surface area contributed by atoms with Gasteiger partial charge in [-0.05, 0) is 36.8 Å². The van der Waals surface area contributed by atoms with Crippen LogP contribution in [0.1, 0.15) is 58.4 Å². The summed E-state index contributed by atoms with van der Waals surface area (Å²) in [5.41, 5.74) is 6.94. The minimum atomic E-state index is -0.0884. The molecule has 0 aliphatic rings. The highest BCUT2D eigenvalue weighted by atomic mass is 32.1. The first kappa shape index (κ1) is 17.0. The van der Waals surface area contributed by atoms with E-state index in [0.29, 0.717) is 17.5 Å². The van der Waals surface area contributed by atoms with Gasteiger partial charge in [0, 0.05) is 5.41 Å². The first-order chi connectivity index (χ1) is 9.38. The smallest absolute Gasteiger partial charge is 0.122 e. The maximum Gasteiger partial charge on any atom is 0.122 e. The zero-order valence-corrected chi connectivity index (χ0v) is 13.9. The van der Waals surface area contributed by atoms with Crippen molar-refractivity contribution in [3.8, 4) is 5.75 Å². The lowest BCUT2D eigenvalue weighted by molar-refractivity contribution is 0.284. The predicted octanol–water partition coefficient (Wildman–Crippen LogP) is 4.67. The van der Waals surface area contributed by atoms with Crippen molar-refractivity contribution in [2.75, 3.05) is 6.61 Å². The Balaban J connectivity index is 2.53. The van der Waals surface area contributed by atoms with Crippen LogP contribution in [0.2, 0.25) is 0 Å². The van der Waals surface area contributed by atoms with Crippen LogP contribution in [0.5, 0.6) is 5.75 Å². The standard InChI is InChI=1S/C17H27NOS/c1-5-13(2)14-9-6-7-10-15(14)19-12-8-11-17(3,4)16(18)20/h6-7,9-10,13H,5,8,11-12H2,1-4H3,(H2,18,20). The maximum atomic E-state index is 5.95. The highest BCUT2D eigenvalue weighted by Crippen LogP contribution is 2.29. The Morgan fingerprint density at radius 1 is 1.35 bits per heavy atom. The quantitative estimate of drug-likeness (QED) is 0.559. The molecule has 0 fully saturated rings. The van der Waals surface area contributed by atoms with Gasteiger partial charge in [0.1, 0.15) is 5.75 Å². The minimum Gasteiger partial charge on any atom is -0.493 e. The molecule has 0 amide bonds. The summed E-state index contributed by atoms with van der Waals surface area (Å²) in [6.07, 6.45) is 3.03. The van der Waals surface area contributed by atoms with Crippen LogP contribution in [0.15, 0.2) is 24.3 Å². The second-order valence-corrected chi connectivity index (χ2v) is 6.49. The molecule has 112 valence electrons. The second kappa shape index (κ2) is 7.63. The lowest BCUT2D eigenvalue weighted by atomic mass is 9.88. The molecule has 0 bridgehead atoms. The average Bonchev–Trinajstić information content (AvgIpc) is 2.43. The Hall–Kier alpha value is -1.09. The summed E-state index contributed by atoms with van der Waals surface area (Å²) in [5.74, 6) is 1.54. The third-order valence-corrected chi connectivity index (χ3v) is 4.49. The van der Waals surface area contributed by atoms with Gasteiger partial charge in [-0.2, -0.15) is 0 Å². The molecule has 0 radical (unpaired) electrons. The first-order valence-corrected chi connectivity index (χ1v) is 7.81. The van der Waals surface area contributed by atoms with Gasteiger partial charge in [0.15, 0.2) is 0 Å². The topological polar surface area (TPSA) is 35.2 Å². The normalized spacial score (nSPS) is 13.0. The van der Waals surface area contributed by atoms with E-state index in [0.717, 1.165) is 25.0 Å². The van der Waals surface area contributed by atoms with Crippen molar-refractivity contribution in [3.63, 3.8) is 0 Å². The summed E-state index contributed by atoms with van der Waals surface area (Å²) in [5, 5.41) is 0. The van der Waals surface area contributed by atoms with Gasteiger partial charge >= 0.3 is 0 Å². The molecule has 1 rings (SSSR count). The number of rotatable bonds is 8. The molecule has 3 heteroatoms. The Bertz CT molecular complexity index is 442. The summed E-state index contributed by atoms with van der Waals surface area (Å²) in [6.45, 7) is 9.31. The maximum absolute atomic E-state index is 5.95. The molecule has 0 aliphatic carbocycles. The van der Waals surface area contributed by atoms with Crippen LogP contribution < -0.4 is 10.5 Å². The van der Waals surface area contributed by atoms with Crippen LogP contribution in [0.4, 0.5) is 0 Å². The zero-order valence-electron chi connectivity index (χ0n) is 13.1. The molecular formula is C17H27NOS. The van der Waals surface area contributed by atoms with Gasteiger partial charge in [0.2, 0.25) is 0 Å². The van der Waals surface area contributed by atoms with E-state index in [2.05, 4.69) is 45.9 Å². The molecule has 2 nitrogen and oxygen atoms in total. The van der Waals surface area contributed by atoms with Crippen LogP contribution >= 0.6 is 12.2 Å². The molecule has 0 aromatic heterocycles. The van der Waals surface area contributed by atoms with Crippen molar-refractivity contribution in [1.82, 2.24) is 0 Å². The number of nitrogens with two attached hydrogens (primary N) is 1. The van der Waals surface area contributed by atoms with Crippen LogP contribution in [-0.2, 0) is 0 Å². The van der Waals surface area contributed by atoms with Gasteiger partial charge in [-0.25, -0.2) is 0 Å². The average molecular weight is 293 g/mol. The Labute approximate surface area is 128 Å². The monoisotopic (exact) mass is 293 g/mol. The molecular weight excluding hydrogens is 266 g/mol. The molecule has 1 aromatic carbocycles. The van der Waals surface area contributed by atoms with Crippen molar-refractivity contribution in [2.45, 2.75) is 52.9 Å². The summed E-state index contributed by atoms with van der Waals surface area (Å²) in [4.78, 5) is 0.581. The molecule has 0 aliphatic heterocycles. The lowest BCUT2D eigenvalue weighted by Crippen LogP contribution is -2.30. The van der Waals surface area contributed by atoms with E-state index >= 15 is 0 Å². The van der Waals surface area contributed by atoms with E-state index in [9.17, 15) is 0 Å². The van der Waals surface area contributed by atoms with E-state index < -0.39 is 0 Å². The Kier molecular flexibility index (Phi) is 6.47. The van der Waals surface area contributed by atoms with Crippen molar-refractivity contribution in [2.24, 2.45) is 11.1 Å². The molecule has 1 aromatic rings. The molecule has 2 N–H and O–H groups in total. The molecule has 0 saturated heterocycles. The van der Waals surface area contributed by atoms with E-state index in [4.69, 9.17) is 22.7 Å². The van der Waals surface area contributed by atoms with E-state index in [-0.39, 0.29) is 5.41 Å². The number of thiocarbonyl (C=S) groups is 1. The third kappa shape index (κ3) is 4.78. The molecule has 1 atom stereocenters. The fourth-order valence-corrected chi connectivity index (χ4v) is 2.16. The van der Waals surface area contributed by atoms with Crippen LogP contribution in [0, 0.1) is 5.41 Å². The number of hydrogen-bond acceptors (Lipinski definition) is 2. The van der Waals surface area contributed by atoms with Crippen LogP contribution in [-0.4, -0.2) is 11.6 Å². The molecule has 0 heterocycles. The molecule has 0 saturated carbocycles. The number of para-hydroxylation sites is 1. The van der Waals surface area contributed by atoms with E-state index in [1.165, 1.54) is 5.56 Å². The zero-order chi connectivity index (χ0) is 15.2. The van der Waals surface area contributed by atoms with Crippen molar-refractivity contribution < 1.29 is 4.74 Å². The number of ether oxygens (including phenoxy) is 1. The lowest BCUT2D eigenvalue weighted by Gasteiger charge is -2.23. The van der Waals surface area contributed by atoms with E-state index in [1.807, 2.05) is 6.07 Å². The SMILES string of the molecule is CCC(C)c1ccccc1OCCCC(C)(C)C(N)=S. The van der Waals surface area contributed by atoms with Gasteiger partial charge in [-0.1, -0.05) is 58.1 Å². The van der Waals surface area contributed by atoms with Gasteiger partial charge in [0.25, 0.3) is 0 Å². The second-order valence-electron chi connectivity index (χ2n) is 6.05. The van der Waals surface area contributed by atoms with Gasteiger partial charge < -0.3 is 10.5 Å². The van der Waals surface area contributed by atoms with Crippen LogP contribution in [0.25, 0.3) is 0 Å². The first-order valence-electron chi connectivity index (χ1n) is 7.40. The number of benzene rings is 1. The van der Waals surface area contributed by atoms with E-state index in [1.54, 1.807) is 0 Å². The van der Waals surface area contributed by atoms with Crippen molar-refractivity contribution >= 4 is 17.2 Å². The molecule has 1 unspecified atom stereocenters. The predicted molar refractivity (Wildman–Crippen MR) is 90.4 cm³/mol. The summed E-state index contributed by atoms with van der Waals surface area (Å²) in [7, 11) is 0. The molecule has 20 heavy (non-hydrogen) atoms. The number of hydrogen-bond donors (Lipinski definition) is 1. The van der Waals surface area contributed by atoms with Crippen molar-refractivity contribution in [3.05, 3.63) is 29.8 Å². The van der Waals surface area contributed by atoms with Crippen molar-refractivity contribution in [1.29, 1.82) is 0 Å². The minimum absolute atomic E-state index is 0.0884. The highest BCUT2D eigenvalue weighted by Gasteiger charge is 2.20.